The van der Waals surface area contributed by atoms with Crippen LogP contribution in [0.4, 0.5) is 0 Å². The van der Waals surface area contributed by atoms with E-state index in [1.807, 2.05) is 0 Å². The molecule has 0 spiro atoms. The van der Waals surface area contributed by atoms with Crippen LogP contribution in [0.25, 0.3) is 22.3 Å². The van der Waals surface area contributed by atoms with Gasteiger partial charge in [0.2, 0.25) is 5.75 Å². The lowest BCUT2D eigenvalue weighted by molar-refractivity contribution is -0.170. The number of phenolic OH excluding ortho intramolecular Hbond substituents is 1. The SMILES string of the molecule is COc1cc2oc(-c3ccc(O[C@H]4C[C@@H](C)C[C@@H](CO)O4)cc3)cc(=O)c2c(O)c1OC. The fourth-order valence-corrected chi connectivity index (χ4v) is 3.99. The number of fused-ring (bicyclic) bond motifs is 1. The van der Waals surface area contributed by atoms with Gasteiger partial charge in [0, 0.05) is 24.1 Å². The van der Waals surface area contributed by atoms with Crippen LogP contribution < -0.4 is 19.6 Å². The van der Waals surface area contributed by atoms with Gasteiger partial charge in [-0.05, 0) is 36.6 Å². The Morgan fingerprint density at radius 3 is 2.50 bits per heavy atom. The third-order valence-electron chi connectivity index (χ3n) is 5.55. The van der Waals surface area contributed by atoms with Crippen LogP contribution in [-0.2, 0) is 4.74 Å². The molecule has 1 aliphatic rings. The Morgan fingerprint density at radius 2 is 1.84 bits per heavy atom. The molecule has 4 rings (SSSR count). The molecule has 1 aliphatic heterocycles. The molecule has 2 heterocycles. The predicted octanol–water partition coefficient (Wildman–Crippen LogP) is 3.70. The van der Waals surface area contributed by atoms with Crippen LogP contribution in [0, 0.1) is 5.92 Å². The van der Waals surface area contributed by atoms with Gasteiger partial charge in [-0.25, -0.2) is 0 Å². The van der Waals surface area contributed by atoms with Gasteiger partial charge >= 0.3 is 0 Å². The van der Waals surface area contributed by atoms with Crippen molar-refractivity contribution in [1.82, 2.24) is 0 Å². The van der Waals surface area contributed by atoms with Gasteiger partial charge in [-0.15, -0.1) is 0 Å². The number of aromatic hydroxyl groups is 1. The number of hydrogen-bond donors (Lipinski definition) is 2. The topological polar surface area (TPSA) is 108 Å². The second-order valence-electron chi connectivity index (χ2n) is 7.90. The van der Waals surface area contributed by atoms with E-state index in [1.165, 1.54) is 26.4 Å². The van der Waals surface area contributed by atoms with Crippen molar-refractivity contribution in [2.24, 2.45) is 5.92 Å². The number of hydrogen-bond acceptors (Lipinski definition) is 8. The van der Waals surface area contributed by atoms with Gasteiger partial charge < -0.3 is 33.6 Å². The molecule has 32 heavy (non-hydrogen) atoms. The van der Waals surface area contributed by atoms with Gasteiger partial charge in [-0.2, -0.15) is 0 Å². The van der Waals surface area contributed by atoms with Gasteiger partial charge in [0.05, 0.1) is 26.9 Å². The first kappa shape index (κ1) is 22.0. The largest absolute Gasteiger partial charge is 0.504 e. The number of phenols is 1. The van der Waals surface area contributed by atoms with Crippen molar-refractivity contribution in [3.63, 3.8) is 0 Å². The molecule has 0 amide bonds. The molecule has 0 bridgehead atoms. The highest BCUT2D eigenvalue weighted by Gasteiger charge is 2.28. The summed E-state index contributed by atoms with van der Waals surface area (Å²) >= 11 is 0. The number of aliphatic hydroxyl groups excluding tert-OH is 1. The highest BCUT2D eigenvalue weighted by Crippen LogP contribution is 2.42. The molecular formula is C24H26O8. The van der Waals surface area contributed by atoms with Gasteiger partial charge in [0.15, 0.2) is 23.2 Å². The number of methoxy groups -OCH3 is 2. The highest BCUT2D eigenvalue weighted by molar-refractivity contribution is 5.89. The van der Waals surface area contributed by atoms with Crippen LogP contribution in [0.1, 0.15) is 19.8 Å². The Balaban J connectivity index is 1.61. The summed E-state index contributed by atoms with van der Waals surface area (Å²) in [4.78, 5) is 12.7. The zero-order valence-electron chi connectivity index (χ0n) is 18.2. The van der Waals surface area contributed by atoms with Crippen molar-refractivity contribution in [2.75, 3.05) is 20.8 Å². The highest BCUT2D eigenvalue weighted by atomic mass is 16.7. The first-order valence-electron chi connectivity index (χ1n) is 10.4. The normalized spacial score (nSPS) is 20.8. The molecule has 1 aromatic heterocycles. The molecule has 8 nitrogen and oxygen atoms in total. The summed E-state index contributed by atoms with van der Waals surface area (Å²) in [7, 11) is 2.81. The maximum absolute atomic E-state index is 12.7. The second kappa shape index (κ2) is 9.10. The van der Waals surface area contributed by atoms with Gasteiger partial charge in [0.1, 0.15) is 22.5 Å². The smallest absolute Gasteiger partial charge is 0.204 e. The van der Waals surface area contributed by atoms with E-state index in [1.54, 1.807) is 24.3 Å². The minimum absolute atomic E-state index is 0.0216. The Hall–Kier alpha value is -3.23. The van der Waals surface area contributed by atoms with Crippen molar-refractivity contribution in [3.05, 3.63) is 46.6 Å². The zero-order valence-corrected chi connectivity index (χ0v) is 18.2. The molecular weight excluding hydrogens is 416 g/mol. The fourth-order valence-electron chi connectivity index (χ4n) is 3.99. The fraction of sp³-hybridized carbons (Fsp3) is 0.375. The third kappa shape index (κ3) is 4.24. The summed E-state index contributed by atoms with van der Waals surface area (Å²) in [5.41, 5.74) is 0.444. The van der Waals surface area contributed by atoms with E-state index in [-0.39, 0.29) is 40.9 Å². The number of rotatable bonds is 6. The van der Waals surface area contributed by atoms with E-state index in [0.29, 0.717) is 23.0 Å². The Kier molecular flexibility index (Phi) is 6.25. The molecule has 2 N–H and O–H groups in total. The van der Waals surface area contributed by atoms with Gasteiger partial charge in [0.25, 0.3) is 0 Å². The maximum atomic E-state index is 12.7. The van der Waals surface area contributed by atoms with E-state index < -0.39 is 11.7 Å². The lowest BCUT2D eigenvalue weighted by atomic mass is 9.97. The lowest BCUT2D eigenvalue weighted by Gasteiger charge is -2.33. The van der Waals surface area contributed by atoms with Crippen LogP contribution in [0.5, 0.6) is 23.0 Å². The summed E-state index contributed by atoms with van der Waals surface area (Å²) in [5, 5.41) is 19.8. The van der Waals surface area contributed by atoms with Crippen LogP contribution in [0.3, 0.4) is 0 Å². The maximum Gasteiger partial charge on any atom is 0.204 e. The summed E-state index contributed by atoms with van der Waals surface area (Å²) in [6, 6.07) is 9.91. The molecule has 0 saturated carbocycles. The molecule has 8 heteroatoms. The minimum Gasteiger partial charge on any atom is -0.504 e. The van der Waals surface area contributed by atoms with E-state index in [4.69, 9.17) is 23.4 Å². The summed E-state index contributed by atoms with van der Waals surface area (Å²) in [6.45, 7) is 2.07. The summed E-state index contributed by atoms with van der Waals surface area (Å²) < 4.78 is 28.0. The quantitative estimate of drug-likeness (QED) is 0.595. The molecule has 170 valence electrons. The number of ether oxygens (including phenoxy) is 4. The lowest BCUT2D eigenvalue weighted by Crippen LogP contribution is -2.37. The van der Waals surface area contributed by atoms with Crippen molar-refractivity contribution in [2.45, 2.75) is 32.2 Å². The van der Waals surface area contributed by atoms with E-state index in [2.05, 4.69) is 6.92 Å². The van der Waals surface area contributed by atoms with Crippen LogP contribution in [0.2, 0.25) is 0 Å². The van der Waals surface area contributed by atoms with Crippen molar-refractivity contribution in [3.8, 4) is 34.3 Å². The summed E-state index contributed by atoms with van der Waals surface area (Å²) in [6.07, 6.45) is 0.905. The first-order chi connectivity index (χ1) is 15.4. The monoisotopic (exact) mass is 442 g/mol. The average Bonchev–Trinajstić information content (AvgIpc) is 2.78. The second-order valence-corrected chi connectivity index (χ2v) is 7.90. The molecule has 0 radical (unpaired) electrons. The minimum atomic E-state index is -0.425. The standard InChI is InChI=1S/C24H26O8/c1-13-8-16(12-25)31-21(9-13)30-15-6-4-14(5-7-15)18-10-17(26)22-19(32-18)11-20(28-2)24(29-3)23(22)27/h4-7,10-11,13,16,21,25,27H,8-9,12H2,1-3H3/t13-,16-,21+/m0/s1. The van der Waals surface area contributed by atoms with E-state index in [0.717, 1.165) is 12.8 Å². The van der Waals surface area contributed by atoms with Crippen molar-refractivity contribution in [1.29, 1.82) is 0 Å². The Morgan fingerprint density at radius 1 is 1.09 bits per heavy atom. The van der Waals surface area contributed by atoms with Gasteiger partial charge in [-0.3, -0.25) is 4.79 Å². The average molecular weight is 442 g/mol. The predicted molar refractivity (Wildman–Crippen MR) is 117 cm³/mol. The van der Waals surface area contributed by atoms with Gasteiger partial charge in [-0.1, -0.05) is 6.92 Å². The molecule has 3 atom stereocenters. The summed E-state index contributed by atoms with van der Waals surface area (Å²) in [5.74, 6) is 1.34. The Bertz CT molecular complexity index is 1150. The first-order valence-corrected chi connectivity index (χ1v) is 10.4. The molecule has 0 aliphatic carbocycles. The molecule has 2 aromatic carbocycles. The third-order valence-corrected chi connectivity index (χ3v) is 5.55. The molecule has 1 saturated heterocycles. The van der Waals surface area contributed by atoms with Crippen LogP contribution >= 0.6 is 0 Å². The number of aliphatic hydroxyl groups is 1. The van der Waals surface area contributed by atoms with Crippen LogP contribution in [-0.4, -0.2) is 43.4 Å². The number of benzene rings is 2. The van der Waals surface area contributed by atoms with Crippen molar-refractivity contribution < 1.29 is 33.6 Å². The Labute approximate surface area is 184 Å². The van der Waals surface area contributed by atoms with E-state index in [9.17, 15) is 15.0 Å². The molecule has 0 unspecified atom stereocenters. The zero-order chi connectivity index (χ0) is 22.8. The van der Waals surface area contributed by atoms with E-state index >= 15 is 0 Å². The van der Waals surface area contributed by atoms with Crippen LogP contribution in [0.15, 0.2) is 45.6 Å². The molecule has 3 aromatic rings. The molecule has 1 fully saturated rings. The van der Waals surface area contributed by atoms with Crippen molar-refractivity contribution >= 4 is 11.0 Å².